The Labute approximate surface area is 154 Å². The zero-order valence-corrected chi connectivity index (χ0v) is 15.1. The van der Waals surface area contributed by atoms with Crippen molar-refractivity contribution in [3.63, 3.8) is 0 Å². The average molecular weight is 354 g/mol. The quantitative estimate of drug-likeness (QED) is 0.651. The van der Waals surface area contributed by atoms with Crippen LogP contribution in [0.25, 0.3) is 11.4 Å². The zero-order chi connectivity index (χ0) is 18.4. The maximum atomic E-state index is 13.3. The van der Waals surface area contributed by atoms with Crippen LogP contribution in [0.5, 0.6) is 0 Å². The van der Waals surface area contributed by atoms with Crippen molar-refractivity contribution in [3.8, 4) is 23.2 Å². The molecule has 0 aliphatic heterocycles. The van der Waals surface area contributed by atoms with Crippen LogP contribution in [0.2, 0.25) is 0 Å². The molecule has 2 nitrogen and oxygen atoms in total. The molecule has 1 saturated carbocycles. The van der Waals surface area contributed by atoms with Gasteiger partial charge < -0.3 is 0 Å². The molecule has 3 rings (SSSR count). The molecule has 0 saturated heterocycles. The maximum Gasteiger partial charge on any atom is 0.159 e. The second-order valence-corrected chi connectivity index (χ2v) is 7.05. The Morgan fingerprint density at radius 3 is 2.42 bits per heavy atom. The second-order valence-electron chi connectivity index (χ2n) is 7.05. The van der Waals surface area contributed by atoms with E-state index in [1.165, 1.54) is 51.0 Å². The van der Waals surface area contributed by atoms with Crippen LogP contribution in [-0.2, 0) is 0 Å². The molecule has 1 fully saturated rings. The monoisotopic (exact) mass is 354 g/mol. The van der Waals surface area contributed by atoms with Crippen molar-refractivity contribution in [1.82, 2.24) is 9.97 Å². The third kappa shape index (κ3) is 4.88. The van der Waals surface area contributed by atoms with Gasteiger partial charge in [-0.1, -0.05) is 38.0 Å². The lowest BCUT2D eigenvalue weighted by molar-refractivity contribution is 0.296. The van der Waals surface area contributed by atoms with Crippen molar-refractivity contribution < 1.29 is 8.78 Å². The lowest BCUT2D eigenvalue weighted by Crippen LogP contribution is -2.13. The SMILES string of the molecule is CCCCC1CCC(C#Cc2cnc(-c3ccc(F)c(F)c3)nc2)CC1. The van der Waals surface area contributed by atoms with Crippen molar-refractivity contribution in [2.75, 3.05) is 0 Å². The molecular weight excluding hydrogens is 330 g/mol. The van der Waals surface area contributed by atoms with E-state index in [0.29, 0.717) is 17.3 Å². The number of hydrogen-bond acceptors (Lipinski definition) is 2. The second kappa shape index (κ2) is 8.89. The summed E-state index contributed by atoms with van der Waals surface area (Å²) >= 11 is 0. The van der Waals surface area contributed by atoms with Gasteiger partial charge in [-0.05, 0) is 49.8 Å². The van der Waals surface area contributed by atoms with Gasteiger partial charge in [0, 0.05) is 23.9 Å². The first-order valence-electron chi connectivity index (χ1n) is 9.44. The number of rotatable bonds is 4. The van der Waals surface area contributed by atoms with E-state index in [-0.39, 0.29) is 0 Å². The molecular formula is C22H24F2N2. The fourth-order valence-electron chi connectivity index (χ4n) is 3.45. The van der Waals surface area contributed by atoms with Crippen LogP contribution in [0.3, 0.4) is 0 Å². The van der Waals surface area contributed by atoms with E-state index in [2.05, 4.69) is 28.7 Å². The van der Waals surface area contributed by atoms with Gasteiger partial charge in [-0.15, -0.1) is 0 Å². The largest absolute Gasteiger partial charge is 0.235 e. The molecule has 1 aromatic carbocycles. The number of aromatic nitrogens is 2. The summed E-state index contributed by atoms with van der Waals surface area (Å²) in [7, 11) is 0. The van der Waals surface area contributed by atoms with Crippen LogP contribution < -0.4 is 0 Å². The summed E-state index contributed by atoms with van der Waals surface area (Å²) in [5.41, 5.74) is 1.21. The Kier molecular flexibility index (Phi) is 6.33. The summed E-state index contributed by atoms with van der Waals surface area (Å²) < 4.78 is 26.3. The minimum absolute atomic E-state index is 0.367. The van der Waals surface area contributed by atoms with E-state index < -0.39 is 11.6 Å². The van der Waals surface area contributed by atoms with Crippen LogP contribution in [0, 0.1) is 35.3 Å². The summed E-state index contributed by atoms with van der Waals surface area (Å²) in [6.45, 7) is 2.25. The summed E-state index contributed by atoms with van der Waals surface area (Å²) in [5, 5.41) is 0. The van der Waals surface area contributed by atoms with Crippen molar-refractivity contribution in [2.24, 2.45) is 11.8 Å². The van der Waals surface area contributed by atoms with E-state index in [4.69, 9.17) is 0 Å². The van der Waals surface area contributed by atoms with Crippen molar-refractivity contribution in [1.29, 1.82) is 0 Å². The predicted octanol–water partition coefficient (Wildman–Crippen LogP) is 5.77. The summed E-state index contributed by atoms with van der Waals surface area (Å²) in [5.74, 6) is 6.45. The smallest absolute Gasteiger partial charge is 0.159 e. The number of hydrogen-bond donors (Lipinski definition) is 0. The molecule has 1 aromatic heterocycles. The Hall–Kier alpha value is -2.28. The Bertz CT molecular complexity index is 782. The summed E-state index contributed by atoms with van der Waals surface area (Å²) in [4.78, 5) is 8.45. The molecule has 26 heavy (non-hydrogen) atoms. The molecule has 0 N–H and O–H groups in total. The molecule has 2 aromatic rings. The number of unbranched alkanes of at least 4 members (excludes halogenated alkanes) is 1. The van der Waals surface area contributed by atoms with Gasteiger partial charge in [0.15, 0.2) is 17.5 Å². The van der Waals surface area contributed by atoms with Gasteiger partial charge in [-0.3, -0.25) is 0 Å². The number of nitrogens with zero attached hydrogens (tertiary/aromatic N) is 2. The van der Waals surface area contributed by atoms with Crippen molar-refractivity contribution in [3.05, 3.63) is 47.8 Å². The topological polar surface area (TPSA) is 25.8 Å². The Morgan fingerprint density at radius 2 is 1.77 bits per heavy atom. The van der Waals surface area contributed by atoms with Crippen LogP contribution >= 0.6 is 0 Å². The maximum absolute atomic E-state index is 13.3. The Morgan fingerprint density at radius 1 is 1.04 bits per heavy atom. The first-order chi connectivity index (χ1) is 12.7. The highest BCUT2D eigenvalue weighted by molar-refractivity contribution is 5.55. The lowest BCUT2D eigenvalue weighted by Gasteiger charge is -2.25. The minimum Gasteiger partial charge on any atom is -0.235 e. The van der Waals surface area contributed by atoms with Gasteiger partial charge in [0.1, 0.15) is 0 Å². The van der Waals surface area contributed by atoms with E-state index in [0.717, 1.165) is 23.6 Å². The minimum atomic E-state index is -0.899. The van der Waals surface area contributed by atoms with E-state index in [1.807, 2.05) is 0 Å². The van der Waals surface area contributed by atoms with Gasteiger partial charge in [-0.25, -0.2) is 18.7 Å². The van der Waals surface area contributed by atoms with Crippen LogP contribution in [-0.4, -0.2) is 9.97 Å². The molecule has 136 valence electrons. The van der Waals surface area contributed by atoms with Crippen LogP contribution in [0.4, 0.5) is 8.78 Å². The predicted molar refractivity (Wildman–Crippen MR) is 99.2 cm³/mol. The van der Waals surface area contributed by atoms with E-state index in [1.54, 1.807) is 12.4 Å². The van der Waals surface area contributed by atoms with Gasteiger partial charge in [0.05, 0.1) is 5.56 Å². The molecule has 1 aliphatic rings. The number of benzene rings is 1. The van der Waals surface area contributed by atoms with Gasteiger partial charge in [-0.2, -0.15) is 0 Å². The first-order valence-corrected chi connectivity index (χ1v) is 9.44. The molecule has 0 radical (unpaired) electrons. The van der Waals surface area contributed by atoms with Crippen LogP contribution in [0.1, 0.15) is 57.4 Å². The normalized spacial score (nSPS) is 19.7. The average Bonchev–Trinajstić information content (AvgIpc) is 2.68. The Balaban J connectivity index is 1.58. The van der Waals surface area contributed by atoms with Gasteiger partial charge >= 0.3 is 0 Å². The van der Waals surface area contributed by atoms with E-state index >= 15 is 0 Å². The highest BCUT2D eigenvalue weighted by atomic mass is 19.2. The van der Waals surface area contributed by atoms with Crippen molar-refractivity contribution >= 4 is 0 Å². The summed E-state index contributed by atoms with van der Waals surface area (Å²) in [6, 6.07) is 3.65. The van der Waals surface area contributed by atoms with Gasteiger partial charge in [0.2, 0.25) is 0 Å². The summed E-state index contributed by atoms with van der Waals surface area (Å²) in [6.07, 6.45) is 12.2. The van der Waals surface area contributed by atoms with Crippen LogP contribution in [0.15, 0.2) is 30.6 Å². The standard InChI is InChI=1S/C22H24F2N2/c1-2-3-4-16-5-7-17(8-6-16)9-10-18-14-25-22(26-15-18)19-11-12-20(23)21(24)13-19/h11-17H,2-8H2,1H3. The molecule has 0 bridgehead atoms. The molecule has 4 heteroatoms. The number of halogens is 2. The third-order valence-corrected chi connectivity index (χ3v) is 5.06. The lowest BCUT2D eigenvalue weighted by atomic mass is 9.80. The zero-order valence-electron chi connectivity index (χ0n) is 15.1. The fourth-order valence-corrected chi connectivity index (χ4v) is 3.45. The first kappa shape index (κ1) is 18.5. The molecule has 0 atom stereocenters. The third-order valence-electron chi connectivity index (χ3n) is 5.06. The highest BCUT2D eigenvalue weighted by Gasteiger charge is 2.19. The van der Waals surface area contributed by atoms with Gasteiger partial charge in [0.25, 0.3) is 0 Å². The molecule has 0 spiro atoms. The fraction of sp³-hybridized carbons (Fsp3) is 0.455. The highest BCUT2D eigenvalue weighted by Crippen LogP contribution is 2.31. The molecule has 1 heterocycles. The molecule has 0 amide bonds. The van der Waals surface area contributed by atoms with Crippen molar-refractivity contribution in [2.45, 2.75) is 51.9 Å². The molecule has 1 aliphatic carbocycles. The molecule has 0 unspecified atom stereocenters. The van der Waals surface area contributed by atoms with E-state index in [9.17, 15) is 8.78 Å².